The first-order valence-corrected chi connectivity index (χ1v) is 10.4. The Morgan fingerprint density at radius 3 is 2.50 bits per heavy atom. The molecule has 3 rings (SSSR count). The van der Waals surface area contributed by atoms with E-state index < -0.39 is 0 Å². The molecule has 0 spiro atoms. The summed E-state index contributed by atoms with van der Waals surface area (Å²) in [5, 5.41) is 6.89. The molecule has 2 N–H and O–H groups in total. The van der Waals surface area contributed by atoms with Crippen molar-refractivity contribution in [2.24, 2.45) is 4.99 Å². The number of guanidine groups is 1. The van der Waals surface area contributed by atoms with Crippen LogP contribution in [0.1, 0.15) is 24.0 Å². The number of aromatic nitrogens is 2. The molecular formula is C22H34IN7. The minimum Gasteiger partial charge on any atom is -0.356 e. The molecule has 2 heterocycles. The van der Waals surface area contributed by atoms with E-state index in [1.54, 1.807) is 12.4 Å². The van der Waals surface area contributed by atoms with Crippen LogP contribution in [0.4, 0.5) is 5.95 Å². The Balaban J connectivity index is 0.00000320. The molecule has 2 aromatic rings. The first-order valence-electron chi connectivity index (χ1n) is 10.4. The number of aliphatic imine (C=N–C) groups is 1. The van der Waals surface area contributed by atoms with E-state index in [2.05, 4.69) is 73.5 Å². The normalized spacial score (nSPS) is 16.0. The van der Waals surface area contributed by atoms with E-state index >= 15 is 0 Å². The lowest BCUT2D eigenvalue weighted by atomic mass is 9.99. The van der Waals surface area contributed by atoms with Gasteiger partial charge in [0.25, 0.3) is 0 Å². The predicted molar refractivity (Wildman–Crippen MR) is 135 cm³/mol. The van der Waals surface area contributed by atoms with E-state index in [0.717, 1.165) is 57.7 Å². The highest BCUT2D eigenvalue weighted by atomic mass is 127. The molecule has 30 heavy (non-hydrogen) atoms. The van der Waals surface area contributed by atoms with E-state index in [-0.39, 0.29) is 24.0 Å². The number of hydrogen-bond acceptors (Lipinski definition) is 5. The van der Waals surface area contributed by atoms with Crippen LogP contribution in [0.5, 0.6) is 0 Å². The van der Waals surface area contributed by atoms with Gasteiger partial charge in [-0.2, -0.15) is 0 Å². The van der Waals surface area contributed by atoms with Crippen molar-refractivity contribution in [3.63, 3.8) is 0 Å². The third kappa shape index (κ3) is 7.39. The van der Waals surface area contributed by atoms with Gasteiger partial charge in [0.1, 0.15) is 0 Å². The molecule has 1 aliphatic heterocycles. The van der Waals surface area contributed by atoms with Gasteiger partial charge in [-0.1, -0.05) is 36.8 Å². The van der Waals surface area contributed by atoms with Crippen molar-refractivity contribution in [2.45, 2.75) is 19.8 Å². The molecule has 1 aromatic carbocycles. The number of hydrogen-bond donors (Lipinski definition) is 2. The second-order valence-electron chi connectivity index (χ2n) is 7.57. The lowest BCUT2D eigenvalue weighted by Crippen LogP contribution is -2.49. The van der Waals surface area contributed by atoms with Crippen molar-refractivity contribution in [1.29, 1.82) is 0 Å². The Morgan fingerprint density at radius 2 is 1.83 bits per heavy atom. The number of nitrogens with one attached hydrogen (secondary N) is 2. The molecule has 0 radical (unpaired) electrons. The van der Waals surface area contributed by atoms with Crippen molar-refractivity contribution >= 4 is 35.9 Å². The number of rotatable bonds is 7. The van der Waals surface area contributed by atoms with Gasteiger partial charge in [0, 0.05) is 65.3 Å². The predicted octanol–water partition coefficient (Wildman–Crippen LogP) is 2.49. The van der Waals surface area contributed by atoms with Gasteiger partial charge in [0.05, 0.1) is 0 Å². The summed E-state index contributed by atoms with van der Waals surface area (Å²) in [7, 11) is 1.82. The molecule has 1 unspecified atom stereocenters. The number of piperazine rings is 1. The van der Waals surface area contributed by atoms with Crippen LogP contribution < -0.4 is 15.5 Å². The van der Waals surface area contributed by atoms with Crippen LogP contribution in [-0.4, -0.2) is 73.7 Å². The van der Waals surface area contributed by atoms with Crippen molar-refractivity contribution in [3.8, 4) is 0 Å². The molecule has 0 bridgehead atoms. The third-order valence-electron chi connectivity index (χ3n) is 5.34. The lowest BCUT2D eigenvalue weighted by Gasteiger charge is -2.34. The van der Waals surface area contributed by atoms with Gasteiger partial charge in [-0.15, -0.1) is 24.0 Å². The van der Waals surface area contributed by atoms with Gasteiger partial charge in [0.15, 0.2) is 5.96 Å². The summed E-state index contributed by atoms with van der Waals surface area (Å²) in [4.78, 5) is 17.8. The molecular weight excluding hydrogens is 489 g/mol. The molecule has 1 aliphatic rings. The summed E-state index contributed by atoms with van der Waals surface area (Å²) in [6.45, 7) is 11.1. The van der Waals surface area contributed by atoms with Crippen molar-refractivity contribution < 1.29 is 0 Å². The number of anilines is 1. The monoisotopic (exact) mass is 523 g/mol. The van der Waals surface area contributed by atoms with Crippen LogP contribution in [0.2, 0.25) is 0 Å². The van der Waals surface area contributed by atoms with Crippen LogP contribution >= 0.6 is 24.0 Å². The van der Waals surface area contributed by atoms with Crippen molar-refractivity contribution in [1.82, 2.24) is 25.5 Å². The van der Waals surface area contributed by atoms with Crippen LogP contribution in [0.3, 0.4) is 0 Å². The lowest BCUT2D eigenvalue weighted by molar-refractivity contribution is 0.260. The van der Waals surface area contributed by atoms with Gasteiger partial charge < -0.3 is 15.5 Å². The minimum atomic E-state index is 0. The van der Waals surface area contributed by atoms with Gasteiger partial charge >= 0.3 is 0 Å². The number of nitrogens with zero attached hydrogens (tertiary/aromatic N) is 5. The Morgan fingerprint density at radius 1 is 1.10 bits per heavy atom. The summed E-state index contributed by atoms with van der Waals surface area (Å²) in [5.41, 5.74) is 2.66. The van der Waals surface area contributed by atoms with E-state index in [1.165, 1.54) is 11.1 Å². The van der Waals surface area contributed by atoms with Crippen LogP contribution in [-0.2, 0) is 0 Å². The summed E-state index contributed by atoms with van der Waals surface area (Å²) in [6.07, 6.45) is 3.61. The Hall–Kier alpha value is -1.94. The SMILES string of the molecule is CN=C(NCCN1CCN(c2ncccn2)CC1)NCC(C)c1cccc(C)c1.I. The average molecular weight is 523 g/mol. The van der Waals surface area contributed by atoms with Gasteiger partial charge in [-0.05, 0) is 24.5 Å². The maximum atomic E-state index is 4.36. The molecule has 1 aromatic heterocycles. The largest absolute Gasteiger partial charge is 0.356 e. The fourth-order valence-electron chi connectivity index (χ4n) is 3.52. The number of halogens is 1. The first-order chi connectivity index (χ1) is 14.2. The minimum absolute atomic E-state index is 0. The quantitative estimate of drug-likeness (QED) is 0.330. The fourth-order valence-corrected chi connectivity index (χ4v) is 3.52. The molecule has 1 atom stereocenters. The molecule has 7 nitrogen and oxygen atoms in total. The second-order valence-corrected chi connectivity index (χ2v) is 7.57. The van der Waals surface area contributed by atoms with E-state index in [0.29, 0.717) is 5.92 Å². The van der Waals surface area contributed by atoms with Gasteiger partial charge in [-0.25, -0.2) is 9.97 Å². The van der Waals surface area contributed by atoms with Crippen LogP contribution in [0, 0.1) is 6.92 Å². The third-order valence-corrected chi connectivity index (χ3v) is 5.34. The Kier molecular flexibility index (Phi) is 10.3. The summed E-state index contributed by atoms with van der Waals surface area (Å²) in [6, 6.07) is 10.6. The number of aryl methyl sites for hydroxylation is 1. The standard InChI is InChI=1S/C22H33N7.HI/c1-18-6-4-7-20(16-18)19(2)17-27-21(23-3)24-10-11-28-12-14-29(15-13-28)22-25-8-5-9-26-22;/h4-9,16,19H,10-15,17H2,1-3H3,(H2,23,24,27);1H. The molecule has 0 amide bonds. The van der Waals surface area contributed by atoms with E-state index in [9.17, 15) is 0 Å². The molecule has 164 valence electrons. The zero-order valence-corrected chi connectivity index (χ0v) is 20.5. The average Bonchev–Trinajstić information content (AvgIpc) is 2.77. The van der Waals surface area contributed by atoms with E-state index in [1.807, 2.05) is 13.1 Å². The second kappa shape index (κ2) is 12.7. The zero-order chi connectivity index (χ0) is 20.5. The molecule has 0 saturated carbocycles. The smallest absolute Gasteiger partial charge is 0.225 e. The van der Waals surface area contributed by atoms with Gasteiger partial charge in [0.2, 0.25) is 5.95 Å². The highest BCUT2D eigenvalue weighted by Crippen LogP contribution is 2.15. The van der Waals surface area contributed by atoms with E-state index in [4.69, 9.17) is 0 Å². The maximum Gasteiger partial charge on any atom is 0.225 e. The number of benzene rings is 1. The van der Waals surface area contributed by atoms with Crippen molar-refractivity contribution in [2.75, 3.05) is 57.8 Å². The van der Waals surface area contributed by atoms with Crippen molar-refractivity contribution in [3.05, 3.63) is 53.9 Å². The molecule has 0 aliphatic carbocycles. The van der Waals surface area contributed by atoms with Gasteiger partial charge in [-0.3, -0.25) is 9.89 Å². The highest BCUT2D eigenvalue weighted by Gasteiger charge is 2.18. The molecule has 1 fully saturated rings. The first kappa shape index (κ1) is 24.3. The molecule has 8 heteroatoms. The Labute approximate surface area is 197 Å². The highest BCUT2D eigenvalue weighted by molar-refractivity contribution is 14.0. The topological polar surface area (TPSA) is 68.7 Å². The Bertz CT molecular complexity index is 776. The molecule has 1 saturated heterocycles. The summed E-state index contributed by atoms with van der Waals surface area (Å²) in [5.74, 6) is 2.13. The summed E-state index contributed by atoms with van der Waals surface area (Å²) >= 11 is 0. The van der Waals surface area contributed by atoms with Crippen LogP contribution in [0.15, 0.2) is 47.7 Å². The zero-order valence-electron chi connectivity index (χ0n) is 18.2. The maximum absolute atomic E-state index is 4.36. The van der Waals surface area contributed by atoms with Crippen LogP contribution in [0.25, 0.3) is 0 Å². The fraction of sp³-hybridized carbons (Fsp3) is 0.500. The summed E-state index contributed by atoms with van der Waals surface area (Å²) < 4.78 is 0.